The Bertz CT molecular complexity index is 1020. The molecule has 0 aliphatic heterocycles. The maximum Gasteiger partial charge on any atom is 0.306 e. The van der Waals surface area contributed by atoms with Crippen molar-refractivity contribution in [1.29, 1.82) is 0 Å². The van der Waals surface area contributed by atoms with Gasteiger partial charge in [0.25, 0.3) is 5.91 Å². The molecular formula is C17H9Cl2FN2O4. The fourth-order valence-electron chi connectivity index (χ4n) is 2.22. The van der Waals surface area contributed by atoms with E-state index in [1.54, 1.807) is 24.3 Å². The summed E-state index contributed by atoms with van der Waals surface area (Å²) < 4.78 is 18.8. The summed E-state index contributed by atoms with van der Waals surface area (Å²) in [6, 6.07) is 10.8. The van der Waals surface area contributed by atoms with Crippen molar-refractivity contribution in [2.24, 2.45) is 0 Å². The van der Waals surface area contributed by atoms with Crippen LogP contribution in [0.4, 0.5) is 15.8 Å². The number of amides is 1. The highest BCUT2D eigenvalue weighted by Gasteiger charge is 2.18. The predicted molar refractivity (Wildman–Crippen MR) is 95.2 cm³/mol. The Balaban J connectivity index is 1.82. The molecule has 3 aromatic rings. The van der Waals surface area contributed by atoms with Crippen LogP contribution in [0.3, 0.4) is 0 Å². The largest absolute Gasteiger partial charge is 0.451 e. The maximum absolute atomic E-state index is 13.3. The smallest absolute Gasteiger partial charge is 0.306 e. The summed E-state index contributed by atoms with van der Waals surface area (Å²) in [4.78, 5) is 22.1. The number of nitrogens with one attached hydrogen (secondary N) is 1. The van der Waals surface area contributed by atoms with E-state index in [9.17, 15) is 19.3 Å². The van der Waals surface area contributed by atoms with Crippen LogP contribution >= 0.6 is 23.2 Å². The summed E-state index contributed by atoms with van der Waals surface area (Å²) in [7, 11) is 0. The number of furan rings is 1. The van der Waals surface area contributed by atoms with Gasteiger partial charge in [0.1, 0.15) is 5.76 Å². The molecule has 1 heterocycles. The van der Waals surface area contributed by atoms with Gasteiger partial charge in [-0.3, -0.25) is 14.9 Å². The molecule has 0 bridgehead atoms. The van der Waals surface area contributed by atoms with E-state index in [0.29, 0.717) is 21.4 Å². The Morgan fingerprint density at radius 3 is 2.58 bits per heavy atom. The first-order valence-electron chi connectivity index (χ1n) is 7.15. The molecule has 9 heteroatoms. The highest BCUT2D eigenvalue weighted by Crippen LogP contribution is 2.31. The highest BCUT2D eigenvalue weighted by atomic mass is 35.5. The molecule has 0 spiro atoms. The Kier molecular flexibility index (Phi) is 4.92. The van der Waals surface area contributed by atoms with E-state index in [2.05, 4.69) is 5.32 Å². The van der Waals surface area contributed by atoms with E-state index in [4.69, 9.17) is 27.6 Å². The van der Waals surface area contributed by atoms with E-state index in [-0.39, 0.29) is 11.4 Å². The van der Waals surface area contributed by atoms with Crippen molar-refractivity contribution < 1.29 is 18.5 Å². The van der Waals surface area contributed by atoms with Gasteiger partial charge in [-0.2, -0.15) is 4.39 Å². The number of nitrogens with zero attached hydrogens (tertiary/aromatic N) is 1. The van der Waals surface area contributed by atoms with Crippen molar-refractivity contribution in [2.45, 2.75) is 0 Å². The molecule has 2 aromatic carbocycles. The van der Waals surface area contributed by atoms with Crippen LogP contribution in [-0.2, 0) is 0 Å². The van der Waals surface area contributed by atoms with Crippen molar-refractivity contribution in [1.82, 2.24) is 0 Å². The number of halogens is 3. The molecule has 1 aromatic heterocycles. The van der Waals surface area contributed by atoms with Gasteiger partial charge in [-0.05, 0) is 42.5 Å². The van der Waals surface area contributed by atoms with Gasteiger partial charge in [0.2, 0.25) is 5.82 Å². The second-order valence-electron chi connectivity index (χ2n) is 5.17. The molecule has 6 nitrogen and oxygen atoms in total. The Hall–Kier alpha value is -2.90. The van der Waals surface area contributed by atoms with Gasteiger partial charge in [-0.1, -0.05) is 23.2 Å². The number of anilines is 1. The van der Waals surface area contributed by atoms with Crippen LogP contribution in [0, 0.1) is 15.9 Å². The number of nitro benzene ring substituents is 1. The molecule has 3 rings (SSSR count). The monoisotopic (exact) mass is 394 g/mol. The van der Waals surface area contributed by atoms with Gasteiger partial charge < -0.3 is 9.73 Å². The average Bonchev–Trinajstić information content (AvgIpc) is 3.06. The molecule has 1 N–H and O–H groups in total. The van der Waals surface area contributed by atoms with Crippen LogP contribution in [0.15, 0.2) is 52.9 Å². The van der Waals surface area contributed by atoms with Gasteiger partial charge in [0.05, 0.1) is 9.95 Å². The van der Waals surface area contributed by atoms with Crippen LogP contribution in [0.5, 0.6) is 0 Å². The standard InChI is InChI=1S/C17H9Cl2FN2O4/c18-9-1-3-11(12(19)7-9)15-5-6-16(26-15)17(23)21-10-2-4-13(20)14(8-10)22(24)25/h1-8H,(H,21,23). The average molecular weight is 395 g/mol. The minimum Gasteiger partial charge on any atom is -0.451 e. The van der Waals surface area contributed by atoms with Gasteiger partial charge in [-0.25, -0.2) is 0 Å². The lowest BCUT2D eigenvalue weighted by molar-refractivity contribution is -0.387. The Morgan fingerprint density at radius 2 is 1.88 bits per heavy atom. The number of rotatable bonds is 4. The van der Waals surface area contributed by atoms with Crippen molar-refractivity contribution in [3.63, 3.8) is 0 Å². The van der Waals surface area contributed by atoms with Gasteiger partial charge >= 0.3 is 5.69 Å². The molecule has 0 aliphatic rings. The molecule has 0 aliphatic carbocycles. The van der Waals surface area contributed by atoms with Gasteiger partial charge in [-0.15, -0.1) is 0 Å². The number of hydrogen-bond donors (Lipinski definition) is 1. The van der Waals surface area contributed by atoms with E-state index < -0.39 is 22.3 Å². The normalized spacial score (nSPS) is 10.6. The first-order chi connectivity index (χ1) is 12.3. The molecule has 0 unspecified atom stereocenters. The first kappa shape index (κ1) is 17.9. The molecule has 0 fully saturated rings. The third kappa shape index (κ3) is 3.68. The number of nitro groups is 1. The van der Waals surface area contributed by atoms with E-state index in [1.807, 2.05) is 0 Å². The van der Waals surface area contributed by atoms with Crippen LogP contribution in [0.25, 0.3) is 11.3 Å². The molecule has 0 radical (unpaired) electrons. The van der Waals surface area contributed by atoms with Gasteiger partial charge in [0, 0.05) is 22.3 Å². The molecule has 26 heavy (non-hydrogen) atoms. The van der Waals surface area contributed by atoms with E-state index in [0.717, 1.165) is 12.1 Å². The zero-order valence-corrected chi connectivity index (χ0v) is 14.3. The lowest BCUT2D eigenvalue weighted by Crippen LogP contribution is -2.11. The molecule has 0 saturated carbocycles. The quantitative estimate of drug-likeness (QED) is 0.463. The summed E-state index contributed by atoms with van der Waals surface area (Å²) in [6.07, 6.45) is 0. The number of benzene rings is 2. The molecule has 132 valence electrons. The van der Waals surface area contributed by atoms with E-state index >= 15 is 0 Å². The third-order valence-corrected chi connectivity index (χ3v) is 3.97. The molecule has 0 atom stereocenters. The number of carbonyl (C=O) groups is 1. The number of hydrogen-bond acceptors (Lipinski definition) is 4. The maximum atomic E-state index is 13.3. The second kappa shape index (κ2) is 7.15. The third-order valence-electron chi connectivity index (χ3n) is 3.43. The fourth-order valence-corrected chi connectivity index (χ4v) is 2.72. The highest BCUT2D eigenvalue weighted by molar-refractivity contribution is 6.36. The summed E-state index contributed by atoms with van der Waals surface area (Å²) in [6.45, 7) is 0. The first-order valence-corrected chi connectivity index (χ1v) is 7.91. The minimum atomic E-state index is -0.995. The topological polar surface area (TPSA) is 85.4 Å². The minimum absolute atomic E-state index is 0.0435. The Morgan fingerprint density at radius 1 is 1.12 bits per heavy atom. The van der Waals surface area contributed by atoms with Crippen LogP contribution in [0.2, 0.25) is 10.0 Å². The lowest BCUT2D eigenvalue weighted by Gasteiger charge is -2.04. The SMILES string of the molecule is O=C(Nc1ccc(F)c([N+](=O)[O-])c1)c1ccc(-c2ccc(Cl)cc2Cl)o1. The Labute approximate surface area is 156 Å². The fraction of sp³-hybridized carbons (Fsp3) is 0. The van der Waals surface area contributed by atoms with Crippen molar-refractivity contribution >= 4 is 40.5 Å². The number of carbonyl (C=O) groups excluding carboxylic acids is 1. The molecular weight excluding hydrogens is 386 g/mol. The lowest BCUT2D eigenvalue weighted by atomic mass is 10.2. The molecule has 1 amide bonds. The summed E-state index contributed by atoms with van der Waals surface area (Å²) in [5, 5.41) is 14.0. The van der Waals surface area contributed by atoms with E-state index in [1.165, 1.54) is 12.1 Å². The zero-order chi connectivity index (χ0) is 18.8. The van der Waals surface area contributed by atoms with Crippen molar-refractivity contribution in [3.8, 4) is 11.3 Å². The van der Waals surface area contributed by atoms with Gasteiger partial charge in [0.15, 0.2) is 5.76 Å². The predicted octanol–water partition coefficient (Wildman–Crippen LogP) is 5.55. The summed E-state index contributed by atoms with van der Waals surface area (Å²) in [5.41, 5.74) is -0.131. The van der Waals surface area contributed by atoms with Crippen LogP contribution < -0.4 is 5.32 Å². The second-order valence-corrected chi connectivity index (χ2v) is 6.01. The van der Waals surface area contributed by atoms with Crippen LogP contribution in [0.1, 0.15) is 10.6 Å². The van der Waals surface area contributed by atoms with Crippen molar-refractivity contribution in [2.75, 3.05) is 5.32 Å². The molecule has 0 saturated heterocycles. The van der Waals surface area contributed by atoms with Crippen LogP contribution in [-0.4, -0.2) is 10.8 Å². The summed E-state index contributed by atoms with van der Waals surface area (Å²) in [5.74, 6) is -1.34. The summed E-state index contributed by atoms with van der Waals surface area (Å²) >= 11 is 11.9. The van der Waals surface area contributed by atoms with Crippen molar-refractivity contribution in [3.05, 3.63) is 80.3 Å². The zero-order valence-electron chi connectivity index (χ0n) is 12.8.